The molecule has 92 valence electrons. The summed E-state index contributed by atoms with van der Waals surface area (Å²) in [5, 5.41) is 8.57. The molecule has 1 N–H and O–H groups in total. The third-order valence-corrected chi connectivity index (χ3v) is 2.94. The highest BCUT2D eigenvalue weighted by Crippen LogP contribution is 2.29. The fourth-order valence-electron chi connectivity index (χ4n) is 1.73. The smallest absolute Gasteiger partial charge is 0.303 e. The maximum absolute atomic E-state index is 10.4. The number of benzene rings is 1. The molecule has 1 aromatic rings. The minimum Gasteiger partial charge on any atom is -0.493 e. The van der Waals surface area contributed by atoms with Crippen LogP contribution in [0.2, 0.25) is 0 Å². The van der Waals surface area contributed by atoms with Gasteiger partial charge in [0.2, 0.25) is 0 Å². The average Bonchev–Trinajstić information content (AvgIpc) is 3.10. The molecular weight excluding hydrogens is 216 g/mol. The van der Waals surface area contributed by atoms with Gasteiger partial charge in [0.15, 0.2) is 0 Å². The molecule has 0 saturated heterocycles. The first-order valence-corrected chi connectivity index (χ1v) is 6.17. The highest BCUT2D eigenvalue weighted by molar-refractivity contribution is 5.66. The molecule has 0 bridgehead atoms. The van der Waals surface area contributed by atoms with Gasteiger partial charge < -0.3 is 9.84 Å². The minimum absolute atomic E-state index is 0.229. The molecule has 1 saturated carbocycles. The maximum atomic E-state index is 10.4. The van der Waals surface area contributed by atoms with Gasteiger partial charge in [-0.25, -0.2) is 0 Å². The van der Waals surface area contributed by atoms with E-state index < -0.39 is 5.97 Å². The second kappa shape index (κ2) is 5.71. The van der Waals surface area contributed by atoms with Gasteiger partial charge in [0, 0.05) is 6.42 Å². The summed E-state index contributed by atoms with van der Waals surface area (Å²) in [6.45, 7) is 0.818. The Morgan fingerprint density at radius 2 is 2.24 bits per heavy atom. The second-order valence-corrected chi connectivity index (χ2v) is 4.65. The van der Waals surface area contributed by atoms with Crippen LogP contribution < -0.4 is 4.74 Å². The highest BCUT2D eigenvalue weighted by atomic mass is 16.5. The zero-order valence-electron chi connectivity index (χ0n) is 9.89. The molecule has 1 aliphatic rings. The Morgan fingerprint density at radius 1 is 1.41 bits per heavy atom. The van der Waals surface area contributed by atoms with Crippen molar-refractivity contribution >= 4 is 5.97 Å². The maximum Gasteiger partial charge on any atom is 0.303 e. The quantitative estimate of drug-likeness (QED) is 0.789. The molecule has 3 heteroatoms. The summed E-state index contributed by atoms with van der Waals surface area (Å²) >= 11 is 0. The first kappa shape index (κ1) is 12.0. The van der Waals surface area contributed by atoms with Crippen molar-refractivity contribution in [2.75, 3.05) is 6.61 Å². The van der Waals surface area contributed by atoms with Crippen LogP contribution in [0.5, 0.6) is 5.75 Å². The molecule has 0 aromatic heterocycles. The van der Waals surface area contributed by atoms with E-state index >= 15 is 0 Å². The van der Waals surface area contributed by atoms with E-state index in [9.17, 15) is 4.79 Å². The lowest BCUT2D eigenvalue weighted by Crippen LogP contribution is -2.00. The van der Waals surface area contributed by atoms with Crippen molar-refractivity contribution in [2.45, 2.75) is 32.1 Å². The number of hydrogen-bond acceptors (Lipinski definition) is 2. The van der Waals surface area contributed by atoms with Crippen LogP contribution in [0.25, 0.3) is 0 Å². The van der Waals surface area contributed by atoms with Crippen molar-refractivity contribution in [3.63, 3.8) is 0 Å². The number of aryl methyl sites for hydroxylation is 1. The van der Waals surface area contributed by atoms with Gasteiger partial charge in [0.1, 0.15) is 5.75 Å². The lowest BCUT2D eigenvalue weighted by Gasteiger charge is -2.07. The molecule has 0 aliphatic heterocycles. The molecule has 1 aliphatic carbocycles. The number of carbonyl (C=O) groups is 1. The van der Waals surface area contributed by atoms with Crippen molar-refractivity contribution < 1.29 is 14.6 Å². The van der Waals surface area contributed by atoms with Gasteiger partial charge in [-0.2, -0.15) is 0 Å². The van der Waals surface area contributed by atoms with Gasteiger partial charge in [-0.1, -0.05) is 12.1 Å². The zero-order valence-corrected chi connectivity index (χ0v) is 9.89. The molecule has 0 atom stereocenters. The molecule has 17 heavy (non-hydrogen) atoms. The average molecular weight is 234 g/mol. The lowest BCUT2D eigenvalue weighted by atomic mass is 10.1. The third-order valence-electron chi connectivity index (χ3n) is 2.94. The Balaban J connectivity index is 1.79. The summed E-state index contributed by atoms with van der Waals surface area (Å²) in [5.74, 6) is 0.932. The van der Waals surface area contributed by atoms with Crippen molar-refractivity contribution in [1.29, 1.82) is 0 Å². The van der Waals surface area contributed by atoms with Crippen LogP contribution in [0.3, 0.4) is 0 Å². The molecular formula is C14H18O3. The molecule has 0 radical (unpaired) electrons. The minimum atomic E-state index is -0.730. The molecule has 1 aromatic carbocycles. The van der Waals surface area contributed by atoms with E-state index in [0.29, 0.717) is 6.42 Å². The summed E-state index contributed by atoms with van der Waals surface area (Å²) in [6, 6.07) is 7.97. The SMILES string of the molecule is O=C(O)CCCc1cccc(OCC2CC2)c1. The van der Waals surface area contributed by atoms with Gasteiger partial charge in [-0.3, -0.25) is 4.79 Å². The fraction of sp³-hybridized carbons (Fsp3) is 0.500. The molecule has 2 rings (SSSR count). The van der Waals surface area contributed by atoms with Crippen molar-refractivity contribution in [2.24, 2.45) is 5.92 Å². The summed E-state index contributed by atoms with van der Waals surface area (Å²) in [4.78, 5) is 10.4. The van der Waals surface area contributed by atoms with Crippen LogP contribution in [0, 0.1) is 5.92 Å². The molecule has 3 nitrogen and oxygen atoms in total. The fourth-order valence-corrected chi connectivity index (χ4v) is 1.73. The standard InChI is InChI=1S/C14H18O3/c15-14(16)6-2-4-11-3-1-5-13(9-11)17-10-12-7-8-12/h1,3,5,9,12H,2,4,6-8,10H2,(H,15,16). The molecule has 0 unspecified atom stereocenters. The van der Waals surface area contributed by atoms with Crippen LogP contribution in [0.15, 0.2) is 24.3 Å². The van der Waals surface area contributed by atoms with E-state index in [4.69, 9.17) is 9.84 Å². The summed E-state index contributed by atoms with van der Waals surface area (Å²) in [5.41, 5.74) is 1.15. The Kier molecular flexibility index (Phi) is 4.02. The monoisotopic (exact) mass is 234 g/mol. The Bertz CT molecular complexity index is 383. The van der Waals surface area contributed by atoms with Crippen molar-refractivity contribution in [1.82, 2.24) is 0 Å². The Morgan fingerprint density at radius 3 is 2.94 bits per heavy atom. The summed E-state index contributed by atoms with van der Waals surface area (Å²) in [6.07, 6.45) is 4.29. The number of carboxylic acids is 1. The topological polar surface area (TPSA) is 46.5 Å². The largest absolute Gasteiger partial charge is 0.493 e. The van der Waals surface area contributed by atoms with Crippen LogP contribution in [-0.4, -0.2) is 17.7 Å². The molecule has 1 fully saturated rings. The first-order valence-electron chi connectivity index (χ1n) is 6.17. The highest BCUT2D eigenvalue weighted by Gasteiger charge is 2.21. The van der Waals surface area contributed by atoms with Crippen LogP contribution in [0.4, 0.5) is 0 Å². The third kappa shape index (κ3) is 4.47. The van der Waals surface area contributed by atoms with Gasteiger partial charge in [0.25, 0.3) is 0 Å². The number of hydrogen-bond donors (Lipinski definition) is 1. The van der Waals surface area contributed by atoms with E-state index in [0.717, 1.165) is 30.3 Å². The summed E-state index contributed by atoms with van der Waals surface area (Å²) < 4.78 is 5.68. The number of rotatable bonds is 7. The zero-order chi connectivity index (χ0) is 12.1. The normalized spacial score (nSPS) is 14.6. The number of aliphatic carboxylic acids is 1. The van der Waals surface area contributed by atoms with E-state index in [1.165, 1.54) is 12.8 Å². The van der Waals surface area contributed by atoms with Gasteiger partial charge in [0.05, 0.1) is 6.61 Å². The van der Waals surface area contributed by atoms with Gasteiger partial charge in [-0.15, -0.1) is 0 Å². The summed E-state index contributed by atoms with van der Waals surface area (Å²) in [7, 11) is 0. The molecule has 0 spiro atoms. The number of carboxylic acid groups (broad SMARTS) is 1. The van der Waals surface area contributed by atoms with E-state index in [2.05, 4.69) is 0 Å². The van der Waals surface area contributed by atoms with Gasteiger partial charge >= 0.3 is 5.97 Å². The first-order chi connectivity index (χ1) is 8.24. The van der Waals surface area contributed by atoms with Crippen molar-refractivity contribution in [3.05, 3.63) is 29.8 Å². The van der Waals surface area contributed by atoms with Crippen LogP contribution in [-0.2, 0) is 11.2 Å². The molecule has 0 heterocycles. The van der Waals surface area contributed by atoms with Crippen LogP contribution in [0.1, 0.15) is 31.2 Å². The number of ether oxygens (including phenoxy) is 1. The molecule has 0 amide bonds. The van der Waals surface area contributed by atoms with E-state index in [1.54, 1.807) is 0 Å². The Hall–Kier alpha value is -1.51. The predicted octanol–water partition coefficient (Wildman–Crippen LogP) is 2.88. The van der Waals surface area contributed by atoms with Gasteiger partial charge in [-0.05, 0) is 49.3 Å². The Labute approximate surface area is 101 Å². The van der Waals surface area contributed by atoms with E-state index in [1.807, 2.05) is 24.3 Å². The predicted molar refractivity (Wildman–Crippen MR) is 65.2 cm³/mol. The van der Waals surface area contributed by atoms with Crippen LogP contribution >= 0.6 is 0 Å². The second-order valence-electron chi connectivity index (χ2n) is 4.65. The van der Waals surface area contributed by atoms with Crippen molar-refractivity contribution in [3.8, 4) is 5.75 Å². The lowest BCUT2D eigenvalue weighted by molar-refractivity contribution is -0.137. The van der Waals surface area contributed by atoms with E-state index in [-0.39, 0.29) is 6.42 Å².